The Morgan fingerprint density at radius 1 is 0.919 bits per heavy atom. The number of hydrogen-bond acceptors (Lipinski definition) is 7. The number of carbonyl (C=O) groups is 1. The summed E-state index contributed by atoms with van der Waals surface area (Å²) >= 11 is 0. The molecule has 6 rings (SSSR count). The summed E-state index contributed by atoms with van der Waals surface area (Å²) in [6, 6.07) is 11.4. The van der Waals surface area contributed by atoms with E-state index in [9.17, 15) is 4.79 Å². The van der Waals surface area contributed by atoms with Gasteiger partial charge < -0.3 is 10.3 Å². The zero-order valence-corrected chi connectivity index (χ0v) is 20.2. The minimum Gasteiger partial charge on any atom is -0.336 e. The molecule has 6 aromatic rings. The molecule has 182 valence electrons. The van der Waals surface area contributed by atoms with Crippen molar-refractivity contribution in [1.29, 1.82) is 0 Å². The van der Waals surface area contributed by atoms with Crippen LogP contribution >= 0.6 is 0 Å². The van der Waals surface area contributed by atoms with Gasteiger partial charge in [-0.3, -0.25) is 24.8 Å². The Balaban J connectivity index is 1.38. The molecule has 0 fully saturated rings. The van der Waals surface area contributed by atoms with E-state index >= 15 is 0 Å². The maximum atomic E-state index is 12.2. The van der Waals surface area contributed by atoms with Crippen LogP contribution in [0.15, 0.2) is 67.4 Å². The number of aromatic nitrogens is 8. The van der Waals surface area contributed by atoms with Gasteiger partial charge in [-0.2, -0.15) is 5.10 Å². The molecule has 0 bridgehead atoms. The fraction of sp³-hybridized carbons (Fsp3) is 0.148. The minimum absolute atomic E-state index is 0.0421. The van der Waals surface area contributed by atoms with Crippen LogP contribution in [0, 0.1) is 5.92 Å². The van der Waals surface area contributed by atoms with Crippen molar-refractivity contribution >= 4 is 33.7 Å². The van der Waals surface area contributed by atoms with E-state index in [0.717, 1.165) is 33.4 Å². The molecule has 0 aliphatic rings. The molecular formula is C27H23N9O. The molecular weight excluding hydrogens is 466 g/mol. The number of rotatable bonds is 6. The second kappa shape index (κ2) is 9.23. The predicted molar refractivity (Wildman–Crippen MR) is 141 cm³/mol. The lowest BCUT2D eigenvalue weighted by Crippen LogP contribution is -2.14. The number of anilines is 1. The van der Waals surface area contributed by atoms with Crippen LogP contribution in [0.3, 0.4) is 0 Å². The molecule has 0 saturated heterocycles. The molecule has 0 aliphatic carbocycles. The van der Waals surface area contributed by atoms with Crippen LogP contribution in [0.1, 0.15) is 20.3 Å². The third-order valence-electron chi connectivity index (χ3n) is 5.88. The van der Waals surface area contributed by atoms with E-state index in [2.05, 4.69) is 35.5 Å². The first-order valence-corrected chi connectivity index (χ1v) is 11.9. The Labute approximate surface area is 211 Å². The summed E-state index contributed by atoms with van der Waals surface area (Å²) < 4.78 is 0. The fourth-order valence-corrected chi connectivity index (χ4v) is 4.22. The Morgan fingerprint density at radius 3 is 2.62 bits per heavy atom. The topological polar surface area (TPSA) is 138 Å². The lowest BCUT2D eigenvalue weighted by molar-refractivity contribution is -0.116. The van der Waals surface area contributed by atoms with Crippen LogP contribution in [0.4, 0.5) is 5.69 Å². The van der Waals surface area contributed by atoms with E-state index in [-0.39, 0.29) is 11.8 Å². The van der Waals surface area contributed by atoms with Gasteiger partial charge in [0.1, 0.15) is 11.0 Å². The first kappa shape index (κ1) is 22.5. The second-order valence-electron chi connectivity index (χ2n) is 9.16. The Morgan fingerprint density at radius 2 is 1.78 bits per heavy atom. The summed E-state index contributed by atoms with van der Waals surface area (Å²) in [6.07, 6.45) is 9.03. The van der Waals surface area contributed by atoms with Gasteiger partial charge in [0.25, 0.3) is 0 Å². The highest BCUT2D eigenvalue weighted by Gasteiger charge is 2.17. The van der Waals surface area contributed by atoms with Gasteiger partial charge in [0.2, 0.25) is 5.91 Å². The van der Waals surface area contributed by atoms with Crippen molar-refractivity contribution in [3.8, 4) is 34.0 Å². The van der Waals surface area contributed by atoms with Gasteiger partial charge in [-0.15, -0.1) is 0 Å². The molecule has 0 spiro atoms. The van der Waals surface area contributed by atoms with E-state index in [1.165, 1.54) is 0 Å². The lowest BCUT2D eigenvalue weighted by Gasteiger charge is -2.08. The maximum Gasteiger partial charge on any atom is 0.224 e. The average molecular weight is 490 g/mol. The molecule has 6 heterocycles. The van der Waals surface area contributed by atoms with Crippen molar-refractivity contribution in [2.75, 3.05) is 5.32 Å². The van der Waals surface area contributed by atoms with Crippen LogP contribution in [-0.2, 0) is 4.79 Å². The summed E-state index contributed by atoms with van der Waals surface area (Å²) in [5.74, 6) is 0.811. The summed E-state index contributed by atoms with van der Waals surface area (Å²) in [7, 11) is 0. The molecule has 3 N–H and O–H groups in total. The normalized spacial score (nSPS) is 11.4. The highest BCUT2D eigenvalue weighted by Crippen LogP contribution is 2.30. The third-order valence-corrected chi connectivity index (χ3v) is 5.88. The van der Waals surface area contributed by atoms with Crippen molar-refractivity contribution in [3.63, 3.8) is 0 Å². The van der Waals surface area contributed by atoms with E-state index in [4.69, 9.17) is 9.97 Å². The SMILES string of the molecule is CC(C)CC(=O)Nc1cncc(-c2ccc3[nH]nc(-c4nc5c(-c6cccnc6)nccc5[nH]4)c3n2)c1. The predicted octanol–water partition coefficient (Wildman–Crippen LogP) is 5.00. The monoisotopic (exact) mass is 489 g/mol. The largest absolute Gasteiger partial charge is 0.336 e. The first-order chi connectivity index (χ1) is 18.0. The number of hydrogen-bond donors (Lipinski definition) is 3. The number of nitrogens with zero attached hydrogens (tertiary/aromatic N) is 6. The van der Waals surface area contributed by atoms with Crippen LogP contribution < -0.4 is 5.32 Å². The van der Waals surface area contributed by atoms with Gasteiger partial charge >= 0.3 is 0 Å². The van der Waals surface area contributed by atoms with Crippen molar-refractivity contribution in [2.45, 2.75) is 20.3 Å². The number of pyridine rings is 4. The van der Waals surface area contributed by atoms with Crippen molar-refractivity contribution in [3.05, 3.63) is 67.4 Å². The van der Waals surface area contributed by atoms with Gasteiger partial charge in [0, 0.05) is 42.3 Å². The van der Waals surface area contributed by atoms with Crippen molar-refractivity contribution in [1.82, 2.24) is 40.1 Å². The number of H-pyrrole nitrogens is 2. The molecule has 37 heavy (non-hydrogen) atoms. The Bertz CT molecular complexity index is 1740. The van der Waals surface area contributed by atoms with E-state index in [0.29, 0.717) is 34.8 Å². The summed E-state index contributed by atoms with van der Waals surface area (Å²) in [5, 5.41) is 10.5. The summed E-state index contributed by atoms with van der Waals surface area (Å²) in [6.45, 7) is 4.02. The van der Waals surface area contributed by atoms with Crippen LogP contribution in [0.2, 0.25) is 0 Å². The number of aromatic amines is 2. The standard InChI is InChI=1S/C27H23N9O/c1-15(2)10-22(37)31-18-11-17(13-29-14-18)19-5-6-21-25(32-19)26(36-35-21)27-33-20-7-9-30-23(24(20)34-27)16-4-3-8-28-12-16/h3-9,11-15H,10H2,1-2H3,(H,31,37)(H,33,34)(H,35,36). The number of imidazole rings is 1. The molecule has 1 amide bonds. The van der Waals surface area contributed by atoms with E-state index < -0.39 is 0 Å². The van der Waals surface area contributed by atoms with Gasteiger partial charge in [0.05, 0.1) is 34.3 Å². The van der Waals surface area contributed by atoms with Crippen LogP contribution in [-0.4, -0.2) is 46.0 Å². The second-order valence-corrected chi connectivity index (χ2v) is 9.16. The number of amides is 1. The smallest absolute Gasteiger partial charge is 0.224 e. The van der Waals surface area contributed by atoms with Crippen LogP contribution in [0.25, 0.3) is 56.1 Å². The number of carbonyl (C=O) groups excluding carboxylic acids is 1. The summed E-state index contributed by atoms with van der Waals surface area (Å²) in [4.78, 5) is 38.3. The van der Waals surface area contributed by atoms with Crippen molar-refractivity contribution in [2.24, 2.45) is 5.92 Å². The van der Waals surface area contributed by atoms with Crippen molar-refractivity contribution < 1.29 is 4.79 Å². The molecule has 0 atom stereocenters. The molecule has 6 aromatic heterocycles. The molecule has 0 aromatic carbocycles. The van der Waals surface area contributed by atoms with E-state index in [1.54, 1.807) is 31.0 Å². The van der Waals surface area contributed by atoms with E-state index in [1.807, 2.05) is 50.2 Å². The summed E-state index contributed by atoms with van der Waals surface area (Å²) in [5.41, 5.74) is 7.35. The third kappa shape index (κ3) is 4.40. The zero-order valence-electron chi connectivity index (χ0n) is 20.2. The quantitative estimate of drug-likeness (QED) is 0.299. The highest BCUT2D eigenvalue weighted by atomic mass is 16.1. The average Bonchev–Trinajstić information content (AvgIpc) is 3.52. The van der Waals surface area contributed by atoms with Crippen LogP contribution in [0.5, 0.6) is 0 Å². The Kier molecular flexibility index (Phi) is 5.61. The molecule has 10 nitrogen and oxygen atoms in total. The van der Waals surface area contributed by atoms with Gasteiger partial charge in [-0.1, -0.05) is 13.8 Å². The first-order valence-electron chi connectivity index (χ1n) is 11.9. The Hall–Kier alpha value is -4.99. The molecule has 0 aliphatic heterocycles. The zero-order chi connectivity index (χ0) is 25.4. The molecule has 0 radical (unpaired) electrons. The molecule has 10 heteroatoms. The lowest BCUT2D eigenvalue weighted by atomic mass is 10.1. The number of fused-ring (bicyclic) bond motifs is 2. The van der Waals surface area contributed by atoms with Gasteiger partial charge in [-0.25, -0.2) is 9.97 Å². The maximum absolute atomic E-state index is 12.2. The van der Waals surface area contributed by atoms with Gasteiger partial charge in [-0.05, 0) is 42.3 Å². The molecule has 0 unspecified atom stereocenters. The fourth-order valence-electron chi connectivity index (χ4n) is 4.22. The molecule has 0 saturated carbocycles. The highest BCUT2D eigenvalue weighted by molar-refractivity contribution is 5.95. The van der Waals surface area contributed by atoms with Gasteiger partial charge in [0.15, 0.2) is 11.5 Å². The minimum atomic E-state index is -0.0421. The number of nitrogens with one attached hydrogen (secondary N) is 3.